The van der Waals surface area contributed by atoms with Crippen molar-refractivity contribution < 1.29 is 38.9 Å². The average molecular weight is 501 g/mol. The molecule has 0 saturated carbocycles. The van der Waals surface area contributed by atoms with E-state index in [2.05, 4.69) is 20.9 Å². The molecule has 5 heterocycles. The summed E-state index contributed by atoms with van der Waals surface area (Å²) in [5, 5.41) is 31.9. The fraction of sp³-hybridized carbons (Fsp3) is 0.500. The minimum Gasteiger partial charge on any atom is -0.372 e. The number of nitrogens with two attached hydrogens (primary N) is 2. The van der Waals surface area contributed by atoms with Crippen LogP contribution >= 0.6 is 0 Å². The van der Waals surface area contributed by atoms with Crippen molar-refractivity contribution in [2.75, 3.05) is 13.1 Å². The number of hydrogen-bond acceptors (Lipinski definition) is 10. The van der Waals surface area contributed by atoms with Gasteiger partial charge in [-0.3, -0.25) is 41.1 Å². The maximum atomic E-state index is 13.2. The Bertz CT molecular complexity index is 1240. The molecule has 6 rings (SSSR count). The van der Waals surface area contributed by atoms with E-state index in [4.69, 9.17) is 16.2 Å². The molecule has 2 saturated heterocycles. The number of ether oxygens (including phenoxy) is 1. The van der Waals surface area contributed by atoms with Crippen LogP contribution in [0.1, 0.15) is 34.3 Å². The van der Waals surface area contributed by atoms with Crippen molar-refractivity contribution in [1.82, 2.24) is 20.9 Å². The van der Waals surface area contributed by atoms with E-state index in [-0.39, 0.29) is 49.7 Å². The second-order valence-corrected chi connectivity index (χ2v) is 9.76. The van der Waals surface area contributed by atoms with Gasteiger partial charge < -0.3 is 20.3 Å². The number of imide groups is 1. The van der Waals surface area contributed by atoms with Crippen LogP contribution in [0, 0.1) is 0 Å². The monoisotopic (exact) mass is 500 g/mol. The summed E-state index contributed by atoms with van der Waals surface area (Å²) in [4.78, 5) is 41.9. The van der Waals surface area contributed by atoms with E-state index in [0.717, 1.165) is 16.0 Å². The third-order valence-corrected chi connectivity index (χ3v) is 7.81. The van der Waals surface area contributed by atoms with Crippen molar-refractivity contribution in [3.8, 4) is 0 Å². The number of amides is 3. The summed E-state index contributed by atoms with van der Waals surface area (Å²) in [6.07, 6.45) is 0.248. The van der Waals surface area contributed by atoms with Gasteiger partial charge >= 0.3 is 11.9 Å². The lowest BCUT2D eigenvalue weighted by atomic mass is 9.85. The maximum Gasteiger partial charge on any atom is 0.347 e. The number of carbonyl (C=O) groups is 3. The molecule has 3 amide bonds. The molecule has 0 aromatic heterocycles. The summed E-state index contributed by atoms with van der Waals surface area (Å²) < 4.78 is 6.95. The number of rotatable bonds is 4. The largest absolute Gasteiger partial charge is 0.372 e. The van der Waals surface area contributed by atoms with Gasteiger partial charge in [-0.1, -0.05) is 12.1 Å². The smallest absolute Gasteiger partial charge is 0.347 e. The van der Waals surface area contributed by atoms with Crippen LogP contribution < -0.4 is 32.4 Å². The number of carbonyl (C=O) groups excluding carboxylic acids is 3. The summed E-state index contributed by atoms with van der Waals surface area (Å²) in [5.41, 5.74) is 12.7. The third kappa shape index (κ3) is 2.98. The average Bonchev–Trinajstić information content (AvgIpc) is 3.57. The molecular weight excluding hydrogens is 472 g/mol. The van der Waals surface area contributed by atoms with Gasteiger partial charge in [-0.15, -0.1) is 0 Å². The fourth-order valence-electron chi connectivity index (χ4n) is 6.07. The first kappa shape index (κ1) is 22.7. The van der Waals surface area contributed by atoms with Crippen molar-refractivity contribution in [2.24, 2.45) is 11.5 Å². The Hall–Kier alpha value is -3.75. The van der Waals surface area contributed by atoms with E-state index >= 15 is 0 Å². The predicted molar refractivity (Wildman–Crippen MR) is 120 cm³/mol. The molecule has 4 atom stereocenters. The van der Waals surface area contributed by atoms with E-state index < -0.39 is 35.5 Å². The highest BCUT2D eigenvalue weighted by atomic mass is 16.5. The lowest BCUT2D eigenvalue weighted by Gasteiger charge is -2.41. The molecule has 0 aliphatic carbocycles. The lowest BCUT2D eigenvalue weighted by Crippen LogP contribution is -2.92. The van der Waals surface area contributed by atoms with Gasteiger partial charge in [0.15, 0.2) is 6.04 Å². The van der Waals surface area contributed by atoms with Crippen molar-refractivity contribution in [1.29, 1.82) is 0 Å². The number of guanidine groups is 2. The number of likely N-dealkylation sites (tertiary alicyclic amines) is 1. The topological polar surface area (TPSA) is 209 Å². The third-order valence-electron chi connectivity index (χ3n) is 7.81. The van der Waals surface area contributed by atoms with Gasteiger partial charge in [-0.25, -0.2) is 9.89 Å². The molecule has 0 radical (unpaired) electrons. The van der Waals surface area contributed by atoms with Crippen molar-refractivity contribution >= 4 is 29.6 Å². The number of fused-ring (bicyclic) bond motifs is 1. The molecule has 5 aliphatic rings. The Balaban J connectivity index is 1.33. The molecule has 14 nitrogen and oxygen atoms in total. The highest BCUT2D eigenvalue weighted by molar-refractivity contribution is 6.02. The van der Waals surface area contributed by atoms with Crippen molar-refractivity contribution in [3.05, 3.63) is 34.9 Å². The Morgan fingerprint density at radius 2 is 2.00 bits per heavy atom. The molecule has 1 spiro atoms. The molecule has 1 unspecified atom stereocenters. The molecule has 10 N–H and O–H groups in total. The number of nitrogens with zero attached hydrogens (tertiary/aromatic N) is 2. The first-order chi connectivity index (χ1) is 17.1. The highest BCUT2D eigenvalue weighted by Crippen LogP contribution is 2.38. The van der Waals surface area contributed by atoms with Crippen LogP contribution in [-0.4, -0.2) is 92.0 Å². The second kappa shape index (κ2) is 7.62. The molecule has 36 heavy (non-hydrogen) atoms. The molecule has 5 aliphatic heterocycles. The number of benzene rings is 1. The summed E-state index contributed by atoms with van der Waals surface area (Å²) in [5.74, 6) is -3.53. The van der Waals surface area contributed by atoms with Crippen LogP contribution in [0.5, 0.6) is 0 Å². The van der Waals surface area contributed by atoms with Gasteiger partial charge in [0.2, 0.25) is 11.8 Å². The highest BCUT2D eigenvalue weighted by Gasteiger charge is 2.78. The normalized spacial score (nSPS) is 32.0. The van der Waals surface area contributed by atoms with Gasteiger partial charge in [0.1, 0.15) is 12.1 Å². The van der Waals surface area contributed by atoms with E-state index in [9.17, 15) is 24.6 Å². The quantitative estimate of drug-likeness (QED) is 0.111. The molecule has 0 bridgehead atoms. The zero-order valence-corrected chi connectivity index (χ0v) is 19.3. The minimum atomic E-state index is -2.57. The molecular formula is C22H28N8O6+2. The summed E-state index contributed by atoms with van der Waals surface area (Å²) in [6, 6.07) is 2.57. The first-order valence-electron chi connectivity index (χ1n) is 11.7. The van der Waals surface area contributed by atoms with Crippen LogP contribution in [0.3, 0.4) is 0 Å². The number of hydrogen-bond donors (Lipinski definition) is 8. The molecule has 14 heteroatoms. The Labute approximate surface area is 205 Å². The Morgan fingerprint density at radius 1 is 1.25 bits per heavy atom. The van der Waals surface area contributed by atoms with E-state index in [1.54, 1.807) is 12.1 Å². The maximum absolute atomic E-state index is 13.2. The second-order valence-electron chi connectivity index (χ2n) is 9.76. The van der Waals surface area contributed by atoms with E-state index in [0.29, 0.717) is 18.8 Å². The number of nitrogens with one attached hydrogen (secondary N) is 4. The van der Waals surface area contributed by atoms with Crippen LogP contribution in [0.4, 0.5) is 0 Å². The van der Waals surface area contributed by atoms with Gasteiger partial charge in [-0.2, -0.15) is 0 Å². The zero-order chi connectivity index (χ0) is 25.4. The van der Waals surface area contributed by atoms with Crippen LogP contribution in [-0.2, 0) is 27.5 Å². The molecule has 2 fully saturated rings. The Morgan fingerprint density at radius 3 is 2.75 bits per heavy atom. The summed E-state index contributed by atoms with van der Waals surface area (Å²) in [6.45, 7) is 0.593. The lowest BCUT2D eigenvalue weighted by molar-refractivity contribution is -0.674. The molecule has 1 aromatic carbocycles. The molecule has 1 aromatic rings. The molecule has 190 valence electrons. The summed E-state index contributed by atoms with van der Waals surface area (Å²) in [7, 11) is 0. The minimum absolute atomic E-state index is 0.0517. The fourth-order valence-corrected chi connectivity index (χ4v) is 6.07. The van der Waals surface area contributed by atoms with Crippen molar-refractivity contribution in [2.45, 2.75) is 55.6 Å². The van der Waals surface area contributed by atoms with Gasteiger partial charge in [0.05, 0.1) is 26.3 Å². The van der Waals surface area contributed by atoms with Crippen LogP contribution in [0.15, 0.2) is 18.2 Å². The SMILES string of the molecule is NC1=[NH+][C@H]2[C@H](CN3C(=O)CCC3=O)NC(N)=[N+]3CC(NC(=O)c4cccc5c4COC5)C(O)(O)[C@]23N1. The van der Waals surface area contributed by atoms with Gasteiger partial charge in [0.25, 0.3) is 17.4 Å². The first-order valence-corrected chi connectivity index (χ1v) is 11.7. The number of aliphatic hydroxyl groups is 2. The van der Waals surface area contributed by atoms with Gasteiger partial charge in [-0.05, 0) is 17.2 Å². The predicted octanol–water partition coefficient (Wildman–Crippen LogP) is -5.98. The van der Waals surface area contributed by atoms with Crippen LogP contribution in [0.2, 0.25) is 0 Å². The standard InChI is InChI=1S/C22H26N8O6/c23-19-27-17-13(6-29-15(31)4-5-16(29)32)25-20(24)30-7-14(22(34,35)21(17,30)28-19)26-18(33)11-3-1-2-10-8-36-9-12(10)11/h1-3,13-14,17,34-35H,4-9H2,(H6,23,24,25,26,27,28,33)/p+2/t13-,14?,17-,21-/m0/s1. The van der Waals surface area contributed by atoms with E-state index in [1.807, 2.05) is 6.07 Å². The van der Waals surface area contributed by atoms with Crippen LogP contribution in [0.25, 0.3) is 0 Å². The Kier molecular flexibility index (Phi) is 4.81. The van der Waals surface area contributed by atoms with Gasteiger partial charge in [0, 0.05) is 18.4 Å². The zero-order valence-electron chi connectivity index (χ0n) is 19.3. The van der Waals surface area contributed by atoms with E-state index in [1.165, 1.54) is 4.58 Å². The summed E-state index contributed by atoms with van der Waals surface area (Å²) >= 11 is 0. The van der Waals surface area contributed by atoms with Crippen molar-refractivity contribution in [3.63, 3.8) is 0 Å².